The molecule has 5 heteroatoms. The fraction of sp³-hybridized carbons (Fsp3) is 0.545. The van der Waals surface area contributed by atoms with Gasteiger partial charge in [-0.2, -0.15) is 0 Å². The third-order valence-corrected chi connectivity index (χ3v) is 2.33. The monoisotopic (exact) mass is 224 g/mol. The van der Waals surface area contributed by atoms with Gasteiger partial charge in [0, 0.05) is 24.4 Å². The maximum absolute atomic E-state index is 11.7. The Balaban J connectivity index is 2.70. The number of carbonyl (C=O) groups excluding carboxylic acids is 1. The standard InChI is InChI=1S/C11H16N2O3/c1-11(2,3)8(10(15)16)13-9(14)7-4-5-12-6-7/h5-6,8H,4H2,1-3H3,(H,13,14)(H,15,16). The smallest absolute Gasteiger partial charge is 0.326 e. The Hall–Kier alpha value is -1.65. The van der Waals surface area contributed by atoms with Crippen molar-refractivity contribution in [1.82, 2.24) is 5.32 Å². The highest BCUT2D eigenvalue weighted by molar-refractivity contribution is 5.99. The number of hydrogen-bond acceptors (Lipinski definition) is 3. The van der Waals surface area contributed by atoms with E-state index in [-0.39, 0.29) is 5.91 Å². The number of carboxylic acid groups (broad SMARTS) is 1. The Bertz CT molecular complexity index is 364. The van der Waals surface area contributed by atoms with E-state index in [0.29, 0.717) is 12.0 Å². The second kappa shape index (κ2) is 4.47. The van der Waals surface area contributed by atoms with Crippen molar-refractivity contribution in [3.63, 3.8) is 0 Å². The van der Waals surface area contributed by atoms with Gasteiger partial charge in [0.1, 0.15) is 6.04 Å². The Morgan fingerprint density at radius 2 is 2.12 bits per heavy atom. The van der Waals surface area contributed by atoms with Crippen LogP contribution in [0.4, 0.5) is 0 Å². The maximum Gasteiger partial charge on any atom is 0.326 e. The minimum absolute atomic E-state index is 0.361. The SMILES string of the molecule is CC(C)(C)C(NC(=O)C1=CN=CC1)C(=O)O. The fourth-order valence-corrected chi connectivity index (χ4v) is 1.37. The maximum atomic E-state index is 11.7. The molecule has 0 saturated heterocycles. The van der Waals surface area contributed by atoms with Crippen LogP contribution in [0.1, 0.15) is 27.2 Å². The molecule has 1 amide bonds. The van der Waals surface area contributed by atoms with E-state index in [1.165, 1.54) is 6.20 Å². The van der Waals surface area contributed by atoms with Crippen LogP contribution in [0.2, 0.25) is 0 Å². The van der Waals surface area contributed by atoms with Crippen LogP contribution in [-0.2, 0) is 9.59 Å². The molecule has 1 aliphatic heterocycles. The summed E-state index contributed by atoms with van der Waals surface area (Å²) in [5.41, 5.74) is -0.0304. The zero-order valence-electron chi connectivity index (χ0n) is 9.65. The molecule has 88 valence electrons. The van der Waals surface area contributed by atoms with Crippen LogP contribution in [0.25, 0.3) is 0 Å². The van der Waals surface area contributed by atoms with E-state index in [9.17, 15) is 9.59 Å². The highest BCUT2D eigenvalue weighted by Gasteiger charge is 2.33. The third-order valence-electron chi connectivity index (χ3n) is 2.33. The Morgan fingerprint density at radius 1 is 1.50 bits per heavy atom. The molecule has 16 heavy (non-hydrogen) atoms. The van der Waals surface area contributed by atoms with Crippen LogP contribution in [0, 0.1) is 5.41 Å². The topological polar surface area (TPSA) is 78.8 Å². The van der Waals surface area contributed by atoms with E-state index < -0.39 is 17.4 Å². The lowest BCUT2D eigenvalue weighted by Gasteiger charge is -2.27. The van der Waals surface area contributed by atoms with Gasteiger partial charge in [-0.15, -0.1) is 0 Å². The second-order valence-electron chi connectivity index (χ2n) is 4.80. The van der Waals surface area contributed by atoms with Crippen molar-refractivity contribution in [2.45, 2.75) is 33.2 Å². The predicted octanol–water partition coefficient (Wildman–Crippen LogP) is 0.960. The molecule has 0 saturated carbocycles. The lowest BCUT2D eigenvalue weighted by molar-refractivity contribution is -0.144. The average Bonchev–Trinajstić information content (AvgIpc) is 2.63. The van der Waals surface area contributed by atoms with Crippen molar-refractivity contribution in [3.05, 3.63) is 11.8 Å². The van der Waals surface area contributed by atoms with E-state index in [2.05, 4.69) is 10.3 Å². The molecule has 0 aliphatic carbocycles. The Morgan fingerprint density at radius 3 is 2.50 bits per heavy atom. The molecule has 1 rings (SSSR count). The number of amides is 1. The first-order valence-corrected chi connectivity index (χ1v) is 5.06. The lowest BCUT2D eigenvalue weighted by atomic mass is 9.86. The highest BCUT2D eigenvalue weighted by Crippen LogP contribution is 2.20. The van der Waals surface area contributed by atoms with Gasteiger partial charge in [0.05, 0.1) is 0 Å². The van der Waals surface area contributed by atoms with Gasteiger partial charge in [0.25, 0.3) is 0 Å². The summed E-state index contributed by atoms with van der Waals surface area (Å²) in [7, 11) is 0. The summed E-state index contributed by atoms with van der Waals surface area (Å²) in [6.45, 7) is 5.31. The molecule has 0 aromatic carbocycles. The van der Waals surface area contributed by atoms with Crippen LogP contribution >= 0.6 is 0 Å². The van der Waals surface area contributed by atoms with E-state index in [4.69, 9.17) is 5.11 Å². The summed E-state index contributed by atoms with van der Waals surface area (Å²) in [5.74, 6) is -1.39. The van der Waals surface area contributed by atoms with E-state index in [1.54, 1.807) is 27.0 Å². The van der Waals surface area contributed by atoms with Crippen LogP contribution in [0.3, 0.4) is 0 Å². The molecular weight excluding hydrogens is 208 g/mol. The summed E-state index contributed by atoms with van der Waals surface area (Å²) < 4.78 is 0. The van der Waals surface area contributed by atoms with Crippen LogP contribution in [-0.4, -0.2) is 29.2 Å². The summed E-state index contributed by atoms with van der Waals surface area (Å²) in [4.78, 5) is 26.5. The predicted molar refractivity (Wildman–Crippen MR) is 60.2 cm³/mol. The first-order chi connectivity index (χ1) is 7.32. The zero-order chi connectivity index (χ0) is 12.3. The van der Waals surface area contributed by atoms with Crippen LogP contribution in [0.5, 0.6) is 0 Å². The molecule has 1 atom stereocenters. The van der Waals surface area contributed by atoms with Gasteiger partial charge in [-0.1, -0.05) is 20.8 Å². The molecule has 1 unspecified atom stereocenters. The number of nitrogens with one attached hydrogen (secondary N) is 1. The first-order valence-electron chi connectivity index (χ1n) is 5.06. The molecule has 0 radical (unpaired) electrons. The number of aliphatic imine (C=N–C) groups is 1. The summed E-state index contributed by atoms with van der Waals surface area (Å²) in [6.07, 6.45) is 3.53. The van der Waals surface area contributed by atoms with Crippen molar-refractivity contribution in [2.24, 2.45) is 10.4 Å². The number of rotatable bonds is 3. The van der Waals surface area contributed by atoms with Gasteiger partial charge in [-0.05, 0) is 5.41 Å². The number of carbonyl (C=O) groups is 2. The Labute approximate surface area is 94.3 Å². The van der Waals surface area contributed by atoms with Crippen molar-refractivity contribution in [1.29, 1.82) is 0 Å². The van der Waals surface area contributed by atoms with Gasteiger partial charge in [-0.25, -0.2) is 4.79 Å². The molecular formula is C11H16N2O3. The largest absolute Gasteiger partial charge is 0.480 e. The minimum atomic E-state index is -1.03. The van der Waals surface area contributed by atoms with Gasteiger partial charge >= 0.3 is 5.97 Å². The van der Waals surface area contributed by atoms with Gasteiger partial charge in [-0.3, -0.25) is 9.79 Å². The van der Waals surface area contributed by atoms with Crippen molar-refractivity contribution in [2.75, 3.05) is 0 Å². The average molecular weight is 224 g/mol. The molecule has 0 fully saturated rings. The van der Waals surface area contributed by atoms with Crippen LogP contribution in [0.15, 0.2) is 16.8 Å². The minimum Gasteiger partial charge on any atom is -0.480 e. The summed E-state index contributed by atoms with van der Waals surface area (Å²) >= 11 is 0. The summed E-state index contributed by atoms with van der Waals surface area (Å²) in [6, 6.07) is -0.901. The molecule has 0 spiro atoms. The van der Waals surface area contributed by atoms with Gasteiger partial charge < -0.3 is 10.4 Å². The first kappa shape index (κ1) is 12.4. The third kappa shape index (κ3) is 2.92. The lowest BCUT2D eigenvalue weighted by Crippen LogP contribution is -2.49. The van der Waals surface area contributed by atoms with Crippen LogP contribution < -0.4 is 5.32 Å². The molecule has 1 heterocycles. The van der Waals surface area contributed by atoms with E-state index >= 15 is 0 Å². The number of hydrogen-bond donors (Lipinski definition) is 2. The van der Waals surface area contributed by atoms with E-state index in [0.717, 1.165) is 0 Å². The van der Waals surface area contributed by atoms with Crippen molar-refractivity contribution >= 4 is 18.1 Å². The molecule has 0 bridgehead atoms. The zero-order valence-corrected chi connectivity index (χ0v) is 9.65. The quantitative estimate of drug-likeness (QED) is 0.749. The highest BCUT2D eigenvalue weighted by atomic mass is 16.4. The fourth-order valence-electron chi connectivity index (χ4n) is 1.37. The summed E-state index contributed by atoms with van der Waals surface area (Å²) in [5, 5.41) is 11.5. The van der Waals surface area contributed by atoms with Crippen molar-refractivity contribution in [3.8, 4) is 0 Å². The number of nitrogens with zero attached hydrogens (tertiary/aromatic N) is 1. The van der Waals surface area contributed by atoms with Gasteiger partial charge in [0.15, 0.2) is 0 Å². The Kier molecular flexibility index (Phi) is 3.47. The van der Waals surface area contributed by atoms with E-state index in [1.807, 2.05) is 0 Å². The molecule has 1 aliphatic rings. The molecule has 0 aromatic rings. The number of carboxylic acids is 1. The van der Waals surface area contributed by atoms with Crippen molar-refractivity contribution < 1.29 is 14.7 Å². The second-order valence-corrected chi connectivity index (χ2v) is 4.80. The molecule has 2 N–H and O–H groups in total. The van der Waals surface area contributed by atoms with Gasteiger partial charge in [0.2, 0.25) is 5.91 Å². The number of aliphatic carboxylic acids is 1. The molecule has 0 aromatic heterocycles. The molecule has 5 nitrogen and oxygen atoms in total. The normalized spacial score (nSPS) is 16.8.